The molecule has 1 aromatic rings. The van der Waals surface area contributed by atoms with E-state index < -0.39 is 0 Å². The predicted octanol–water partition coefficient (Wildman–Crippen LogP) is 2.15. The maximum absolute atomic E-state index is 12.4. The van der Waals surface area contributed by atoms with Gasteiger partial charge in [0, 0.05) is 43.8 Å². The van der Waals surface area contributed by atoms with Crippen molar-refractivity contribution in [3.05, 3.63) is 34.9 Å². The van der Waals surface area contributed by atoms with Gasteiger partial charge in [-0.25, -0.2) is 0 Å². The fourth-order valence-corrected chi connectivity index (χ4v) is 3.53. The molecule has 120 valence electrons. The third-order valence-corrected chi connectivity index (χ3v) is 5.19. The lowest BCUT2D eigenvalue weighted by molar-refractivity contribution is -0.137. The Balaban J connectivity index is 1.54. The van der Waals surface area contributed by atoms with Gasteiger partial charge in [-0.05, 0) is 37.6 Å². The summed E-state index contributed by atoms with van der Waals surface area (Å²) >= 11 is 5.96. The maximum Gasteiger partial charge on any atom is 0.227 e. The molecule has 0 radical (unpaired) electrons. The van der Waals surface area contributed by atoms with Crippen molar-refractivity contribution in [2.75, 3.05) is 39.3 Å². The molecule has 0 spiro atoms. The highest BCUT2D eigenvalue weighted by Gasteiger charge is 2.30. The zero-order valence-electron chi connectivity index (χ0n) is 13.1. The average molecular weight is 322 g/mol. The number of carbonyl (C=O) groups is 1. The first kappa shape index (κ1) is 15.8. The lowest BCUT2D eigenvalue weighted by atomic mass is 10.0. The zero-order chi connectivity index (χ0) is 15.5. The maximum atomic E-state index is 12.4. The molecule has 2 aliphatic rings. The van der Waals surface area contributed by atoms with E-state index in [9.17, 15) is 4.79 Å². The number of amides is 1. The Kier molecular flexibility index (Phi) is 5.01. The summed E-state index contributed by atoms with van der Waals surface area (Å²) in [7, 11) is 0. The second-order valence-electron chi connectivity index (χ2n) is 6.28. The molecule has 2 aliphatic heterocycles. The normalized spacial score (nSPS) is 24.5. The van der Waals surface area contributed by atoms with E-state index in [1.807, 2.05) is 17.0 Å². The molecular weight excluding hydrogens is 298 g/mol. The lowest BCUT2D eigenvalue weighted by Gasteiger charge is -2.39. The molecule has 4 nitrogen and oxygen atoms in total. The van der Waals surface area contributed by atoms with Crippen LogP contribution in [-0.4, -0.2) is 55.0 Å². The van der Waals surface area contributed by atoms with Crippen LogP contribution in [0.2, 0.25) is 5.02 Å². The Hall–Kier alpha value is -1.10. The summed E-state index contributed by atoms with van der Waals surface area (Å²) in [5, 5.41) is 4.05. The zero-order valence-corrected chi connectivity index (χ0v) is 13.9. The van der Waals surface area contributed by atoms with Gasteiger partial charge in [-0.15, -0.1) is 0 Å². The molecule has 5 heteroatoms. The van der Waals surface area contributed by atoms with E-state index in [2.05, 4.69) is 29.3 Å². The second-order valence-corrected chi connectivity index (χ2v) is 6.71. The fourth-order valence-electron chi connectivity index (χ4n) is 3.41. The molecule has 2 fully saturated rings. The summed E-state index contributed by atoms with van der Waals surface area (Å²) in [5.74, 6) is 0.532. The minimum atomic E-state index is 0.195. The highest BCUT2D eigenvalue weighted by molar-refractivity contribution is 6.30. The van der Waals surface area contributed by atoms with E-state index in [4.69, 9.17) is 11.6 Å². The Morgan fingerprint density at radius 2 is 1.91 bits per heavy atom. The van der Waals surface area contributed by atoms with E-state index in [0.29, 0.717) is 11.9 Å². The SMILES string of the molecule is CC(c1ccc(Cl)cc1)N1CCN(C(=O)C2CCNC2)CC1. The lowest BCUT2D eigenvalue weighted by Crippen LogP contribution is -2.51. The summed E-state index contributed by atoms with van der Waals surface area (Å²) in [6.07, 6.45) is 0.986. The van der Waals surface area contributed by atoms with Crippen LogP contribution in [0.3, 0.4) is 0 Å². The first-order valence-corrected chi connectivity index (χ1v) is 8.52. The van der Waals surface area contributed by atoms with Gasteiger partial charge in [0.25, 0.3) is 0 Å². The van der Waals surface area contributed by atoms with Crippen LogP contribution in [0.1, 0.15) is 24.9 Å². The number of carbonyl (C=O) groups excluding carboxylic acids is 1. The number of hydrogen-bond acceptors (Lipinski definition) is 3. The molecular formula is C17H24ClN3O. The fraction of sp³-hybridized carbons (Fsp3) is 0.588. The summed E-state index contributed by atoms with van der Waals surface area (Å²) < 4.78 is 0. The first-order valence-electron chi connectivity index (χ1n) is 8.14. The van der Waals surface area contributed by atoms with Gasteiger partial charge < -0.3 is 10.2 Å². The number of rotatable bonds is 3. The third-order valence-electron chi connectivity index (χ3n) is 4.94. The van der Waals surface area contributed by atoms with Gasteiger partial charge in [0.1, 0.15) is 0 Å². The van der Waals surface area contributed by atoms with Crippen molar-refractivity contribution < 1.29 is 4.79 Å². The monoisotopic (exact) mass is 321 g/mol. The van der Waals surface area contributed by atoms with Crippen molar-refractivity contribution in [1.29, 1.82) is 0 Å². The number of halogens is 1. The van der Waals surface area contributed by atoms with E-state index in [0.717, 1.165) is 50.7 Å². The van der Waals surface area contributed by atoms with Crippen molar-refractivity contribution in [2.24, 2.45) is 5.92 Å². The highest BCUT2D eigenvalue weighted by Crippen LogP contribution is 2.24. The van der Waals surface area contributed by atoms with Gasteiger partial charge in [-0.1, -0.05) is 23.7 Å². The van der Waals surface area contributed by atoms with Crippen LogP contribution in [0.5, 0.6) is 0 Å². The van der Waals surface area contributed by atoms with Crippen LogP contribution in [0.25, 0.3) is 0 Å². The van der Waals surface area contributed by atoms with Crippen LogP contribution in [0.4, 0.5) is 0 Å². The molecule has 0 aliphatic carbocycles. The average Bonchev–Trinajstić information content (AvgIpc) is 3.09. The Morgan fingerprint density at radius 3 is 2.50 bits per heavy atom. The van der Waals surface area contributed by atoms with E-state index in [1.54, 1.807) is 0 Å². The van der Waals surface area contributed by atoms with E-state index in [1.165, 1.54) is 5.56 Å². The molecule has 2 atom stereocenters. The van der Waals surface area contributed by atoms with Gasteiger partial charge >= 0.3 is 0 Å². The standard InChI is InChI=1S/C17H24ClN3O/c1-13(14-2-4-16(18)5-3-14)20-8-10-21(11-9-20)17(22)15-6-7-19-12-15/h2-5,13,15,19H,6-12H2,1H3. The van der Waals surface area contributed by atoms with Crippen molar-refractivity contribution in [3.63, 3.8) is 0 Å². The third kappa shape index (κ3) is 3.45. The first-order chi connectivity index (χ1) is 10.6. The van der Waals surface area contributed by atoms with Crippen molar-refractivity contribution in [1.82, 2.24) is 15.1 Å². The minimum absolute atomic E-state index is 0.195. The number of nitrogens with zero attached hydrogens (tertiary/aromatic N) is 2. The molecule has 1 aromatic carbocycles. The molecule has 2 unspecified atom stereocenters. The summed E-state index contributed by atoms with van der Waals surface area (Å²) in [6.45, 7) is 7.61. The van der Waals surface area contributed by atoms with E-state index >= 15 is 0 Å². The topological polar surface area (TPSA) is 35.6 Å². The smallest absolute Gasteiger partial charge is 0.227 e. The number of hydrogen-bond donors (Lipinski definition) is 1. The molecule has 0 saturated carbocycles. The summed E-state index contributed by atoms with van der Waals surface area (Å²) in [6, 6.07) is 8.44. The summed E-state index contributed by atoms with van der Waals surface area (Å²) in [4.78, 5) is 16.9. The van der Waals surface area contributed by atoms with Gasteiger partial charge in [0.2, 0.25) is 5.91 Å². The van der Waals surface area contributed by atoms with E-state index in [-0.39, 0.29) is 5.92 Å². The van der Waals surface area contributed by atoms with Crippen LogP contribution in [0.15, 0.2) is 24.3 Å². The number of nitrogens with one attached hydrogen (secondary N) is 1. The molecule has 1 amide bonds. The number of benzene rings is 1. The molecule has 2 saturated heterocycles. The van der Waals surface area contributed by atoms with Crippen molar-refractivity contribution in [3.8, 4) is 0 Å². The highest BCUT2D eigenvalue weighted by atomic mass is 35.5. The predicted molar refractivity (Wildman–Crippen MR) is 89.0 cm³/mol. The largest absolute Gasteiger partial charge is 0.340 e. The van der Waals surface area contributed by atoms with Crippen molar-refractivity contribution >= 4 is 17.5 Å². The Labute approximate surface area is 137 Å². The molecule has 2 heterocycles. The van der Waals surface area contributed by atoms with Crippen LogP contribution in [-0.2, 0) is 4.79 Å². The van der Waals surface area contributed by atoms with Gasteiger partial charge in [-0.2, -0.15) is 0 Å². The Bertz CT molecular complexity index is 505. The Morgan fingerprint density at radius 1 is 1.23 bits per heavy atom. The molecule has 3 rings (SSSR count). The second kappa shape index (κ2) is 6.99. The molecule has 0 bridgehead atoms. The van der Waals surface area contributed by atoms with Gasteiger partial charge in [0.15, 0.2) is 0 Å². The number of piperazine rings is 1. The minimum Gasteiger partial charge on any atom is -0.340 e. The molecule has 22 heavy (non-hydrogen) atoms. The summed E-state index contributed by atoms with van der Waals surface area (Å²) in [5.41, 5.74) is 1.28. The quantitative estimate of drug-likeness (QED) is 0.926. The molecule has 1 N–H and O–H groups in total. The van der Waals surface area contributed by atoms with Crippen molar-refractivity contribution in [2.45, 2.75) is 19.4 Å². The van der Waals surface area contributed by atoms with Gasteiger partial charge in [0.05, 0.1) is 5.92 Å². The van der Waals surface area contributed by atoms with Crippen LogP contribution >= 0.6 is 11.6 Å². The van der Waals surface area contributed by atoms with Crippen LogP contribution in [0, 0.1) is 5.92 Å². The van der Waals surface area contributed by atoms with Gasteiger partial charge in [-0.3, -0.25) is 9.69 Å². The van der Waals surface area contributed by atoms with Crippen LogP contribution < -0.4 is 5.32 Å². The molecule has 0 aromatic heterocycles.